The first-order valence-corrected chi connectivity index (χ1v) is 6.08. The minimum absolute atomic E-state index is 0.740. The summed E-state index contributed by atoms with van der Waals surface area (Å²) in [6.07, 6.45) is 8.17. The van der Waals surface area contributed by atoms with Crippen LogP contribution in [0, 0.1) is 0 Å². The van der Waals surface area contributed by atoms with Crippen LogP contribution in [0.15, 0.2) is 42.7 Å². The van der Waals surface area contributed by atoms with Gasteiger partial charge in [-0.2, -0.15) is 0 Å². The van der Waals surface area contributed by atoms with Gasteiger partial charge in [-0.15, -0.1) is 0 Å². The van der Waals surface area contributed by atoms with E-state index in [1.54, 1.807) is 14.2 Å². The molecule has 0 aliphatic rings. The summed E-state index contributed by atoms with van der Waals surface area (Å²) >= 11 is 0. The molecule has 1 heterocycles. The Balaban J connectivity index is 2.21. The van der Waals surface area contributed by atoms with E-state index < -0.39 is 0 Å². The maximum Gasteiger partial charge on any atom is 0.169 e. The molecule has 3 heteroatoms. The van der Waals surface area contributed by atoms with Gasteiger partial charge in [-0.3, -0.25) is 0 Å². The standard InChI is InChI=1S/C16H18NO2/c1-17-10-8-13(9-11-17)4-5-14-6-7-15(18-2)16(12-14)19-3/h4-12H,1-3H3/q+1/b5-4-. The van der Waals surface area contributed by atoms with E-state index in [1.165, 1.54) is 0 Å². The number of methoxy groups -OCH3 is 2. The maximum absolute atomic E-state index is 5.28. The molecule has 2 rings (SSSR count). The number of aromatic nitrogens is 1. The summed E-state index contributed by atoms with van der Waals surface area (Å²) in [6, 6.07) is 10.00. The molecule has 0 fully saturated rings. The summed E-state index contributed by atoms with van der Waals surface area (Å²) in [6.45, 7) is 0. The van der Waals surface area contributed by atoms with Crippen molar-refractivity contribution in [3.8, 4) is 11.5 Å². The number of ether oxygens (including phenoxy) is 2. The Kier molecular flexibility index (Phi) is 4.18. The van der Waals surface area contributed by atoms with Gasteiger partial charge in [-0.05, 0) is 23.3 Å². The average Bonchev–Trinajstić information content (AvgIpc) is 2.46. The Bertz CT molecular complexity index is 574. The molecule has 0 radical (unpaired) electrons. The molecule has 0 N–H and O–H groups in total. The number of pyridine rings is 1. The summed E-state index contributed by atoms with van der Waals surface area (Å²) < 4.78 is 12.5. The molecule has 98 valence electrons. The molecule has 3 nitrogen and oxygen atoms in total. The highest BCUT2D eigenvalue weighted by molar-refractivity contribution is 5.70. The maximum atomic E-state index is 5.28. The molecule has 0 saturated carbocycles. The second-order valence-electron chi connectivity index (χ2n) is 4.24. The lowest BCUT2D eigenvalue weighted by Gasteiger charge is -2.07. The van der Waals surface area contributed by atoms with Crippen LogP contribution >= 0.6 is 0 Å². The van der Waals surface area contributed by atoms with Crippen LogP contribution in [0.4, 0.5) is 0 Å². The van der Waals surface area contributed by atoms with Crippen molar-refractivity contribution < 1.29 is 14.0 Å². The fourth-order valence-electron chi connectivity index (χ4n) is 1.77. The third-order valence-electron chi connectivity index (χ3n) is 2.88. The van der Waals surface area contributed by atoms with Gasteiger partial charge in [0, 0.05) is 12.1 Å². The van der Waals surface area contributed by atoms with Crippen LogP contribution in [0.3, 0.4) is 0 Å². The summed E-state index contributed by atoms with van der Waals surface area (Å²) in [5.74, 6) is 1.48. The molecule has 0 unspecified atom stereocenters. The summed E-state index contributed by atoms with van der Waals surface area (Å²) in [7, 11) is 5.28. The molecule has 0 bridgehead atoms. The van der Waals surface area contributed by atoms with Crippen LogP contribution in [0.5, 0.6) is 11.5 Å². The quantitative estimate of drug-likeness (QED) is 0.785. The molecule has 0 atom stereocenters. The van der Waals surface area contributed by atoms with Gasteiger partial charge in [0.2, 0.25) is 0 Å². The van der Waals surface area contributed by atoms with Crippen LogP contribution in [0.2, 0.25) is 0 Å². The molecule has 19 heavy (non-hydrogen) atoms. The van der Waals surface area contributed by atoms with Crippen molar-refractivity contribution in [1.82, 2.24) is 0 Å². The van der Waals surface area contributed by atoms with Crippen LogP contribution in [0.1, 0.15) is 11.1 Å². The number of hydrogen-bond donors (Lipinski definition) is 0. The van der Waals surface area contributed by atoms with Crippen molar-refractivity contribution in [3.05, 3.63) is 53.9 Å². The van der Waals surface area contributed by atoms with Crippen LogP contribution in [-0.2, 0) is 7.05 Å². The molecule has 1 aromatic carbocycles. The Morgan fingerprint density at radius 3 is 2.11 bits per heavy atom. The zero-order valence-corrected chi connectivity index (χ0v) is 11.5. The van der Waals surface area contributed by atoms with Gasteiger partial charge < -0.3 is 9.47 Å². The SMILES string of the molecule is COc1ccc(/C=C\c2cc[n+](C)cc2)cc1OC. The van der Waals surface area contributed by atoms with Gasteiger partial charge in [0.1, 0.15) is 7.05 Å². The first kappa shape index (κ1) is 13.1. The lowest BCUT2D eigenvalue weighted by Crippen LogP contribution is -2.25. The van der Waals surface area contributed by atoms with E-state index >= 15 is 0 Å². The molecular formula is C16H18NO2+. The first-order valence-electron chi connectivity index (χ1n) is 6.08. The Hall–Kier alpha value is -2.29. The van der Waals surface area contributed by atoms with Gasteiger partial charge in [0.25, 0.3) is 0 Å². The number of aryl methyl sites for hydroxylation is 1. The molecule has 0 aliphatic carbocycles. The zero-order valence-electron chi connectivity index (χ0n) is 11.5. The van der Waals surface area contributed by atoms with E-state index in [4.69, 9.17) is 9.47 Å². The molecule has 2 aromatic rings. The summed E-state index contributed by atoms with van der Waals surface area (Å²) in [5, 5.41) is 0. The predicted octanol–water partition coefficient (Wildman–Crippen LogP) is 2.70. The minimum Gasteiger partial charge on any atom is -0.493 e. The van der Waals surface area contributed by atoms with E-state index in [2.05, 4.69) is 24.3 Å². The van der Waals surface area contributed by atoms with E-state index in [1.807, 2.05) is 42.2 Å². The smallest absolute Gasteiger partial charge is 0.169 e. The highest BCUT2D eigenvalue weighted by Gasteiger charge is 2.02. The second-order valence-corrected chi connectivity index (χ2v) is 4.24. The van der Waals surface area contributed by atoms with Crippen molar-refractivity contribution in [2.75, 3.05) is 14.2 Å². The van der Waals surface area contributed by atoms with E-state index in [0.717, 1.165) is 22.6 Å². The van der Waals surface area contributed by atoms with Crippen LogP contribution < -0.4 is 14.0 Å². The average molecular weight is 256 g/mol. The van der Waals surface area contributed by atoms with E-state index in [9.17, 15) is 0 Å². The zero-order chi connectivity index (χ0) is 13.7. The molecule has 0 amide bonds. The van der Waals surface area contributed by atoms with Gasteiger partial charge in [-0.25, -0.2) is 4.57 Å². The normalized spacial score (nSPS) is 10.7. The van der Waals surface area contributed by atoms with Crippen molar-refractivity contribution in [1.29, 1.82) is 0 Å². The molecular weight excluding hydrogens is 238 g/mol. The van der Waals surface area contributed by atoms with Crippen molar-refractivity contribution in [2.45, 2.75) is 0 Å². The van der Waals surface area contributed by atoms with Crippen LogP contribution in [0.25, 0.3) is 12.2 Å². The van der Waals surface area contributed by atoms with Gasteiger partial charge in [-0.1, -0.05) is 18.2 Å². The highest BCUT2D eigenvalue weighted by atomic mass is 16.5. The minimum atomic E-state index is 0.740. The van der Waals surface area contributed by atoms with Gasteiger partial charge in [0.15, 0.2) is 23.9 Å². The Morgan fingerprint density at radius 1 is 0.842 bits per heavy atom. The van der Waals surface area contributed by atoms with Gasteiger partial charge >= 0.3 is 0 Å². The third kappa shape index (κ3) is 3.35. The third-order valence-corrected chi connectivity index (χ3v) is 2.88. The fraction of sp³-hybridized carbons (Fsp3) is 0.188. The van der Waals surface area contributed by atoms with Crippen molar-refractivity contribution in [3.63, 3.8) is 0 Å². The number of nitrogens with zero attached hydrogens (tertiary/aromatic N) is 1. The highest BCUT2D eigenvalue weighted by Crippen LogP contribution is 2.28. The lowest BCUT2D eigenvalue weighted by atomic mass is 10.1. The summed E-state index contributed by atoms with van der Waals surface area (Å²) in [5.41, 5.74) is 2.23. The van der Waals surface area contributed by atoms with Gasteiger partial charge in [0.05, 0.1) is 14.2 Å². The molecule has 1 aromatic heterocycles. The molecule has 0 saturated heterocycles. The lowest BCUT2D eigenvalue weighted by molar-refractivity contribution is -0.671. The number of hydrogen-bond acceptors (Lipinski definition) is 2. The second kappa shape index (κ2) is 6.05. The Morgan fingerprint density at radius 2 is 1.47 bits per heavy atom. The van der Waals surface area contributed by atoms with Crippen LogP contribution in [-0.4, -0.2) is 14.2 Å². The van der Waals surface area contributed by atoms with E-state index in [-0.39, 0.29) is 0 Å². The largest absolute Gasteiger partial charge is 0.493 e. The monoisotopic (exact) mass is 256 g/mol. The number of rotatable bonds is 4. The Labute approximate surface area is 113 Å². The molecule has 0 aliphatic heterocycles. The van der Waals surface area contributed by atoms with E-state index in [0.29, 0.717) is 0 Å². The first-order chi connectivity index (χ1) is 9.22. The topological polar surface area (TPSA) is 22.3 Å². The fourth-order valence-corrected chi connectivity index (χ4v) is 1.77. The summed E-state index contributed by atoms with van der Waals surface area (Å²) in [4.78, 5) is 0. The predicted molar refractivity (Wildman–Crippen MR) is 76.1 cm³/mol. The van der Waals surface area contributed by atoms with Crippen molar-refractivity contribution >= 4 is 12.2 Å². The number of benzene rings is 1. The van der Waals surface area contributed by atoms with Crippen molar-refractivity contribution in [2.24, 2.45) is 7.05 Å². The molecule has 0 spiro atoms.